The second-order valence-electron chi connectivity index (χ2n) is 28.7. The molecule has 0 bridgehead atoms. The SMILES string of the molecule is CCCCCCCCCN(CCCCCCCCC)c1cc(C(=O)c2cc(N(CCCCCCCCC)CCCCCCCCC)cc(N(CCCCCCCCC)CCCCCCCCC)c2)cc(N(CCCCCCCCC)CCCCCCCCC)c1. The van der Waals surface area contributed by atoms with Gasteiger partial charge in [0, 0.05) is 86.2 Å². The normalized spacial score (nSPS) is 11.6. The highest BCUT2D eigenvalue weighted by Gasteiger charge is 2.22. The molecule has 2 aromatic rings. The van der Waals surface area contributed by atoms with Crippen molar-refractivity contribution in [3.63, 3.8) is 0 Å². The zero-order chi connectivity index (χ0) is 64.8. The van der Waals surface area contributed by atoms with Crippen LogP contribution in [0.25, 0.3) is 0 Å². The van der Waals surface area contributed by atoms with Gasteiger partial charge >= 0.3 is 0 Å². The maximum atomic E-state index is 16.4. The lowest BCUT2D eigenvalue weighted by Gasteiger charge is -2.31. The Morgan fingerprint density at radius 1 is 0.189 bits per heavy atom. The van der Waals surface area contributed by atoms with E-state index >= 15 is 4.79 Å². The van der Waals surface area contributed by atoms with Gasteiger partial charge in [-0.05, 0) is 87.8 Å². The van der Waals surface area contributed by atoms with Crippen LogP contribution < -0.4 is 19.6 Å². The summed E-state index contributed by atoms with van der Waals surface area (Å²) in [5.41, 5.74) is 7.02. The third-order valence-electron chi connectivity index (χ3n) is 20.0. The highest BCUT2D eigenvalue weighted by Crippen LogP contribution is 2.33. The predicted molar refractivity (Wildman–Crippen MR) is 409 cm³/mol. The molecule has 0 fully saturated rings. The van der Waals surface area contributed by atoms with E-state index < -0.39 is 0 Å². The number of ketones is 1. The summed E-state index contributed by atoms with van der Waals surface area (Å²) in [5.74, 6) is 0.235. The first-order valence-corrected chi connectivity index (χ1v) is 41.2. The average molecular weight is 1250 g/mol. The molecule has 2 rings (SSSR count). The molecule has 2 aromatic carbocycles. The van der Waals surface area contributed by atoms with Crippen LogP contribution >= 0.6 is 0 Å². The molecule has 0 aliphatic heterocycles. The van der Waals surface area contributed by atoms with E-state index in [9.17, 15) is 0 Å². The fourth-order valence-electron chi connectivity index (χ4n) is 13.9. The first-order chi connectivity index (χ1) is 44.4. The molecule has 0 saturated carbocycles. The van der Waals surface area contributed by atoms with E-state index in [2.05, 4.69) is 111 Å². The van der Waals surface area contributed by atoms with Gasteiger partial charge in [-0.1, -0.05) is 364 Å². The van der Waals surface area contributed by atoms with Gasteiger partial charge < -0.3 is 19.6 Å². The minimum Gasteiger partial charge on any atom is -0.371 e. The van der Waals surface area contributed by atoms with Gasteiger partial charge in [-0.15, -0.1) is 0 Å². The zero-order valence-corrected chi connectivity index (χ0v) is 62.4. The summed E-state index contributed by atoms with van der Waals surface area (Å²) in [6, 6.07) is 14.7. The van der Waals surface area contributed by atoms with Crippen LogP contribution in [0.5, 0.6) is 0 Å². The molecule has 0 aliphatic carbocycles. The molecule has 90 heavy (non-hydrogen) atoms. The maximum absolute atomic E-state index is 16.4. The molecule has 0 heterocycles. The van der Waals surface area contributed by atoms with Crippen molar-refractivity contribution in [2.24, 2.45) is 0 Å². The van der Waals surface area contributed by atoms with Crippen LogP contribution in [0.4, 0.5) is 22.7 Å². The highest BCUT2D eigenvalue weighted by atomic mass is 16.1. The van der Waals surface area contributed by atoms with Crippen LogP contribution in [0.2, 0.25) is 0 Å². The summed E-state index contributed by atoms with van der Waals surface area (Å²) in [7, 11) is 0. The highest BCUT2D eigenvalue weighted by molar-refractivity contribution is 6.11. The molecular formula is C85H158N4O. The topological polar surface area (TPSA) is 30.0 Å². The van der Waals surface area contributed by atoms with Crippen molar-refractivity contribution >= 4 is 28.5 Å². The Morgan fingerprint density at radius 2 is 0.311 bits per heavy atom. The summed E-state index contributed by atoms with van der Waals surface area (Å²) in [6.45, 7) is 27.3. The van der Waals surface area contributed by atoms with Gasteiger partial charge in [0.25, 0.3) is 0 Å². The second-order valence-corrected chi connectivity index (χ2v) is 28.7. The number of benzene rings is 2. The Labute approximate surface area is 564 Å². The van der Waals surface area contributed by atoms with Crippen LogP contribution in [0.15, 0.2) is 36.4 Å². The molecule has 0 aromatic heterocycles. The number of hydrogen-bond donors (Lipinski definition) is 0. The molecular weight excluding hydrogens is 1090 g/mol. The maximum Gasteiger partial charge on any atom is 0.193 e. The minimum absolute atomic E-state index is 0.235. The summed E-state index contributed by atoms with van der Waals surface area (Å²) in [6.07, 6.45) is 74.0. The summed E-state index contributed by atoms with van der Waals surface area (Å²) in [4.78, 5) is 27.4. The molecule has 5 nitrogen and oxygen atoms in total. The molecule has 524 valence electrons. The van der Waals surface area contributed by atoms with Crippen LogP contribution in [-0.4, -0.2) is 58.1 Å². The Kier molecular flexibility index (Phi) is 57.8. The predicted octanol–water partition coefficient (Wildman–Crippen LogP) is 28.1. The number of rotatable bonds is 70. The van der Waals surface area contributed by atoms with E-state index in [1.165, 1.54) is 382 Å². The van der Waals surface area contributed by atoms with E-state index in [0.717, 1.165) is 63.5 Å². The summed E-state index contributed by atoms with van der Waals surface area (Å²) in [5, 5.41) is 0. The largest absolute Gasteiger partial charge is 0.371 e. The van der Waals surface area contributed by atoms with Crippen molar-refractivity contribution in [3.05, 3.63) is 47.5 Å². The first kappa shape index (κ1) is 83.4. The lowest BCUT2D eigenvalue weighted by molar-refractivity contribution is 0.103. The summed E-state index contributed by atoms with van der Waals surface area (Å²) < 4.78 is 0. The van der Waals surface area contributed by atoms with Gasteiger partial charge in [-0.25, -0.2) is 0 Å². The molecule has 5 heteroatoms. The van der Waals surface area contributed by atoms with Crippen molar-refractivity contribution in [1.29, 1.82) is 0 Å². The van der Waals surface area contributed by atoms with Gasteiger partial charge in [0.15, 0.2) is 5.78 Å². The quantitative estimate of drug-likeness (QED) is 0.0486. The second kappa shape index (κ2) is 62.4. The van der Waals surface area contributed by atoms with Gasteiger partial charge in [0.1, 0.15) is 0 Å². The Hall–Kier alpha value is -2.69. The van der Waals surface area contributed by atoms with E-state index in [0.29, 0.717) is 0 Å². The fourth-order valence-corrected chi connectivity index (χ4v) is 13.9. The Balaban J connectivity index is 2.97. The molecule has 0 amide bonds. The van der Waals surface area contributed by atoms with Crippen molar-refractivity contribution in [2.75, 3.05) is 72.0 Å². The van der Waals surface area contributed by atoms with Crippen molar-refractivity contribution < 1.29 is 4.79 Å². The van der Waals surface area contributed by atoms with Crippen molar-refractivity contribution in [1.82, 2.24) is 0 Å². The van der Waals surface area contributed by atoms with Crippen LogP contribution in [-0.2, 0) is 0 Å². The molecule has 0 N–H and O–H groups in total. The molecule has 0 aliphatic rings. The number of anilines is 4. The van der Waals surface area contributed by atoms with Gasteiger partial charge in [-0.2, -0.15) is 0 Å². The zero-order valence-electron chi connectivity index (χ0n) is 62.4. The van der Waals surface area contributed by atoms with Crippen LogP contribution in [0, 0.1) is 0 Å². The Bertz CT molecular complexity index is 1520. The Morgan fingerprint density at radius 3 is 0.444 bits per heavy atom. The summed E-state index contributed by atoms with van der Waals surface area (Å²) >= 11 is 0. The molecule has 0 saturated heterocycles. The molecule has 0 spiro atoms. The number of unbranched alkanes of at least 4 members (excludes halogenated alkanes) is 48. The van der Waals surface area contributed by atoms with Crippen LogP contribution in [0.1, 0.15) is 431 Å². The minimum atomic E-state index is 0.235. The third kappa shape index (κ3) is 44.1. The fraction of sp³-hybridized carbons (Fsp3) is 0.847. The van der Waals surface area contributed by atoms with Crippen molar-refractivity contribution in [3.8, 4) is 0 Å². The molecule has 0 atom stereocenters. The number of hydrogen-bond acceptors (Lipinski definition) is 5. The number of carbonyl (C=O) groups excluding carboxylic acids is 1. The number of nitrogens with zero attached hydrogens (tertiary/aromatic N) is 4. The number of carbonyl (C=O) groups is 1. The lowest BCUT2D eigenvalue weighted by atomic mass is 9.98. The van der Waals surface area contributed by atoms with Gasteiger partial charge in [-0.3, -0.25) is 4.79 Å². The lowest BCUT2D eigenvalue weighted by Crippen LogP contribution is -2.29. The van der Waals surface area contributed by atoms with E-state index in [1.807, 2.05) is 0 Å². The third-order valence-corrected chi connectivity index (χ3v) is 20.0. The average Bonchev–Trinajstić information content (AvgIpc) is 2.64. The van der Waals surface area contributed by atoms with Gasteiger partial charge in [0.2, 0.25) is 0 Å². The standard InChI is InChI=1S/C85H158N4O/c1-9-17-25-33-41-49-57-65-86(66-58-50-42-34-26-18-10-2)81-73-79(74-82(77-81)87(67-59-51-43-35-27-19-11-3)68-60-52-44-36-28-20-12-4)85(90)80-75-83(88(69-61-53-45-37-29-21-13-5)70-62-54-46-38-30-22-14-6)78-84(76-80)89(71-63-55-47-39-31-23-15-7)72-64-56-48-40-32-24-16-8/h73-78H,9-72H2,1-8H3. The van der Waals surface area contributed by atoms with Crippen LogP contribution in [0.3, 0.4) is 0 Å². The van der Waals surface area contributed by atoms with Gasteiger partial charge in [0.05, 0.1) is 0 Å². The van der Waals surface area contributed by atoms with E-state index in [-0.39, 0.29) is 5.78 Å². The molecule has 0 radical (unpaired) electrons. The smallest absolute Gasteiger partial charge is 0.193 e. The van der Waals surface area contributed by atoms with E-state index in [4.69, 9.17) is 0 Å². The molecule has 0 unspecified atom stereocenters. The van der Waals surface area contributed by atoms with Crippen molar-refractivity contribution in [2.45, 2.75) is 415 Å². The first-order valence-electron chi connectivity index (χ1n) is 41.2. The monoisotopic (exact) mass is 1250 g/mol. The van der Waals surface area contributed by atoms with E-state index in [1.54, 1.807) is 0 Å².